The summed E-state index contributed by atoms with van der Waals surface area (Å²) in [4.78, 5) is 0. The Balaban J connectivity index is 2.80. The van der Waals surface area contributed by atoms with E-state index in [1.807, 2.05) is 26.0 Å². The molecule has 1 atom stereocenters. The van der Waals surface area contributed by atoms with Crippen molar-refractivity contribution >= 4 is 11.0 Å². The molecule has 1 aromatic heterocycles. The molecule has 0 bridgehead atoms. The minimum Gasteiger partial charge on any atom is -0.461 e. The predicted octanol–water partition coefficient (Wildman–Crippen LogP) is 3.19. The summed E-state index contributed by atoms with van der Waals surface area (Å²) in [6.45, 7) is 3.77. The predicted molar refractivity (Wildman–Crippen MR) is 65.8 cm³/mol. The van der Waals surface area contributed by atoms with E-state index in [0.29, 0.717) is 16.7 Å². The zero-order valence-electron chi connectivity index (χ0n) is 10.4. The lowest BCUT2D eigenvalue weighted by molar-refractivity contribution is 0.119. The highest BCUT2D eigenvalue weighted by molar-refractivity contribution is 5.85. The van der Waals surface area contributed by atoms with E-state index in [4.69, 9.17) is 19.7 Å². The third-order valence-corrected chi connectivity index (χ3v) is 3.05. The average molecular weight is 240 g/mol. The van der Waals surface area contributed by atoms with E-state index in [1.54, 1.807) is 19.2 Å². The van der Waals surface area contributed by atoms with Gasteiger partial charge in [0.05, 0.1) is 17.2 Å². The summed E-state index contributed by atoms with van der Waals surface area (Å²) < 4.78 is 10.9. The second-order valence-electron chi connectivity index (χ2n) is 4.07. The topological polar surface area (TPSA) is 69.9 Å². The summed E-state index contributed by atoms with van der Waals surface area (Å²) in [7, 11) is 1.62. The van der Waals surface area contributed by atoms with Crippen molar-refractivity contribution in [3.8, 4) is 12.1 Å². The zero-order valence-corrected chi connectivity index (χ0v) is 10.4. The molecule has 0 aliphatic rings. The minimum absolute atomic E-state index is 0.120. The lowest BCUT2D eigenvalue weighted by Crippen LogP contribution is -1.96. The lowest BCUT2D eigenvalue weighted by Gasteiger charge is -2.08. The van der Waals surface area contributed by atoms with E-state index in [-0.39, 0.29) is 6.10 Å². The van der Waals surface area contributed by atoms with E-state index in [0.717, 1.165) is 16.7 Å². The van der Waals surface area contributed by atoms with E-state index in [9.17, 15) is 0 Å². The van der Waals surface area contributed by atoms with Crippen LogP contribution in [0.4, 0.5) is 0 Å². The Morgan fingerprint density at radius 3 is 2.39 bits per heavy atom. The standard InChI is InChI=1S/C14H12N2O2/c1-8(17-3)14-9(2)18-13-5-11(7-16)10(6-15)4-12(13)14/h4-5,8H,1-3H3/t8-/m0/s1. The van der Waals surface area contributed by atoms with Crippen molar-refractivity contribution in [1.29, 1.82) is 10.5 Å². The molecule has 2 aromatic rings. The van der Waals surface area contributed by atoms with Gasteiger partial charge in [0, 0.05) is 24.1 Å². The molecule has 0 N–H and O–H groups in total. The fourth-order valence-electron chi connectivity index (χ4n) is 2.09. The van der Waals surface area contributed by atoms with Crippen molar-refractivity contribution < 1.29 is 9.15 Å². The van der Waals surface area contributed by atoms with Crippen LogP contribution in [0.1, 0.15) is 35.5 Å². The number of aryl methyl sites for hydroxylation is 1. The Bertz CT molecular complexity index is 686. The summed E-state index contributed by atoms with van der Waals surface area (Å²) in [5.74, 6) is 0.748. The van der Waals surface area contributed by atoms with E-state index < -0.39 is 0 Å². The van der Waals surface area contributed by atoms with Gasteiger partial charge in [-0.05, 0) is 19.9 Å². The third-order valence-electron chi connectivity index (χ3n) is 3.05. The molecule has 0 radical (unpaired) electrons. The van der Waals surface area contributed by atoms with Gasteiger partial charge in [-0.3, -0.25) is 0 Å². The summed E-state index contributed by atoms with van der Waals surface area (Å²) in [6.07, 6.45) is -0.120. The normalized spacial score (nSPS) is 12.1. The monoisotopic (exact) mass is 240 g/mol. The Hall–Kier alpha value is -2.30. The number of fused-ring (bicyclic) bond motifs is 1. The van der Waals surface area contributed by atoms with Crippen molar-refractivity contribution in [2.24, 2.45) is 0 Å². The van der Waals surface area contributed by atoms with Crippen LogP contribution in [0.15, 0.2) is 16.5 Å². The second kappa shape index (κ2) is 4.52. The number of ether oxygens (including phenoxy) is 1. The van der Waals surface area contributed by atoms with Crippen molar-refractivity contribution in [3.63, 3.8) is 0 Å². The van der Waals surface area contributed by atoms with Crippen LogP contribution in [-0.4, -0.2) is 7.11 Å². The quantitative estimate of drug-likeness (QED) is 0.808. The molecule has 1 aromatic carbocycles. The van der Waals surface area contributed by atoms with E-state index >= 15 is 0 Å². The molecule has 0 aliphatic heterocycles. The molecule has 0 saturated carbocycles. The average Bonchev–Trinajstić information content (AvgIpc) is 2.71. The first-order valence-electron chi connectivity index (χ1n) is 5.52. The van der Waals surface area contributed by atoms with Crippen molar-refractivity contribution in [3.05, 3.63) is 34.6 Å². The number of nitrogens with zero attached hydrogens (tertiary/aromatic N) is 2. The molecule has 0 fully saturated rings. The molecule has 90 valence electrons. The van der Waals surface area contributed by atoms with Gasteiger partial charge in [0.1, 0.15) is 23.5 Å². The number of methoxy groups -OCH3 is 1. The Kier molecular flexibility index (Phi) is 3.06. The fourth-order valence-corrected chi connectivity index (χ4v) is 2.09. The largest absolute Gasteiger partial charge is 0.461 e. The fraction of sp³-hybridized carbons (Fsp3) is 0.286. The molecule has 18 heavy (non-hydrogen) atoms. The smallest absolute Gasteiger partial charge is 0.136 e. The molecule has 4 nitrogen and oxygen atoms in total. The molecular weight excluding hydrogens is 228 g/mol. The number of rotatable bonds is 2. The number of hydrogen-bond donors (Lipinski definition) is 0. The van der Waals surface area contributed by atoms with Crippen molar-refractivity contribution in [2.45, 2.75) is 20.0 Å². The summed E-state index contributed by atoms with van der Waals surface area (Å²) in [5.41, 5.74) is 2.22. The van der Waals surface area contributed by atoms with Gasteiger partial charge in [-0.25, -0.2) is 0 Å². The minimum atomic E-state index is -0.120. The Morgan fingerprint density at radius 1 is 1.22 bits per heavy atom. The van der Waals surface area contributed by atoms with Crippen LogP contribution in [0.2, 0.25) is 0 Å². The van der Waals surface area contributed by atoms with Crippen LogP contribution in [0.25, 0.3) is 11.0 Å². The lowest BCUT2D eigenvalue weighted by atomic mass is 10.0. The maximum atomic E-state index is 9.04. The van der Waals surface area contributed by atoms with Gasteiger partial charge < -0.3 is 9.15 Å². The number of hydrogen-bond acceptors (Lipinski definition) is 4. The van der Waals surface area contributed by atoms with Gasteiger partial charge >= 0.3 is 0 Å². The van der Waals surface area contributed by atoms with Crippen LogP contribution < -0.4 is 0 Å². The Labute approximate surface area is 105 Å². The van der Waals surface area contributed by atoms with Gasteiger partial charge in [-0.15, -0.1) is 0 Å². The van der Waals surface area contributed by atoms with Gasteiger partial charge in [0.25, 0.3) is 0 Å². The molecule has 0 spiro atoms. The summed E-state index contributed by atoms with van der Waals surface area (Å²) in [6, 6.07) is 7.32. The highest BCUT2D eigenvalue weighted by atomic mass is 16.5. The molecular formula is C14H12N2O2. The zero-order chi connectivity index (χ0) is 13.3. The number of benzene rings is 1. The third kappa shape index (κ3) is 1.73. The van der Waals surface area contributed by atoms with Gasteiger partial charge in [-0.1, -0.05) is 0 Å². The van der Waals surface area contributed by atoms with Crippen LogP contribution in [0.5, 0.6) is 0 Å². The molecule has 0 unspecified atom stereocenters. The van der Waals surface area contributed by atoms with Crippen LogP contribution >= 0.6 is 0 Å². The SMILES string of the molecule is CO[C@@H](C)c1c(C)oc2cc(C#N)c(C#N)cc12. The summed E-state index contributed by atoms with van der Waals surface area (Å²) in [5, 5.41) is 18.8. The Morgan fingerprint density at radius 2 is 1.83 bits per heavy atom. The molecule has 4 heteroatoms. The van der Waals surface area contributed by atoms with Gasteiger partial charge in [0.15, 0.2) is 0 Å². The molecule has 0 amide bonds. The van der Waals surface area contributed by atoms with Gasteiger partial charge in [-0.2, -0.15) is 10.5 Å². The first-order chi connectivity index (χ1) is 8.62. The van der Waals surface area contributed by atoms with Crippen LogP contribution in [0, 0.1) is 29.6 Å². The molecule has 1 heterocycles. The summed E-state index contributed by atoms with van der Waals surface area (Å²) >= 11 is 0. The first-order valence-corrected chi connectivity index (χ1v) is 5.52. The number of nitriles is 2. The van der Waals surface area contributed by atoms with E-state index in [2.05, 4.69) is 0 Å². The van der Waals surface area contributed by atoms with Crippen molar-refractivity contribution in [1.82, 2.24) is 0 Å². The van der Waals surface area contributed by atoms with Crippen molar-refractivity contribution in [2.75, 3.05) is 7.11 Å². The van der Waals surface area contributed by atoms with Gasteiger partial charge in [0.2, 0.25) is 0 Å². The molecule has 0 aliphatic carbocycles. The maximum Gasteiger partial charge on any atom is 0.136 e. The second-order valence-corrected chi connectivity index (χ2v) is 4.07. The van der Waals surface area contributed by atoms with Crippen LogP contribution in [-0.2, 0) is 4.74 Å². The highest BCUT2D eigenvalue weighted by Gasteiger charge is 2.18. The molecule has 2 rings (SSSR count). The van der Waals surface area contributed by atoms with Crippen LogP contribution in [0.3, 0.4) is 0 Å². The van der Waals surface area contributed by atoms with E-state index in [1.165, 1.54) is 0 Å². The maximum absolute atomic E-state index is 9.04. The number of furan rings is 1. The highest BCUT2D eigenvalue weighted by Crippen LogP contribution is 2.33. The first kappa shape index (κ1) is 12.2. The molecule has 0 saturated heterocycles.